The van der Waals surface area contributed by atoms with Gasteiger partial charge in [-0.25, -0.2) is 9.67 Å². The smallest absolute Gasteiger partial charge is 0.191 e. The Morgan fingerprint density at radius 1 is 1.27 bits per heavy atom. The number of aromatic nitrogens is 3. The van der Waals surface area contributed by atoms with Gasteiger partial charge in [0.25, 0.3) is 0 Å². The third kappa shape index (κ3) is 6.66. The van der Waals surface area contributed by atoms with E-state index >= 15 is 0 Å². The highest BCUT2D eigenvalue weighted by Gasteiger charge is 2.23. The van der Waals surface area contributed by atoms with Crippen molar-refractivity contribution in [2.45, 2.75) is 64.7 Å². The Morgan fingerprint density at radius 3 is 2.67 bits per heavy atom. The molecule has 1 aliphatic rings. The van der Waals surface area contributed by atoms with Crippen molar-refractivity contribution in [1.82, 2.24) is 30.3 Å². The largest absolute Gasteiger partial charge is 0.355 e. The molecule has 0 spiro atoms. The van der Waals surface area contributed by atoms with Gasteiger partial charge in [-0.05, 0) is 26.0 Å². The van der Waals surface area contributed by atoms with Crippen molar-refractivity contribution in [3.05, 3.63) is 47.5 Å². The first-order valence-electron chi connectivity index (χ1n) is 10.6. The van der Waals surface area contributed by atoms with E-state index in [-0.39, 0.29) is 24.0 Å². The minimum atomic E-state index is 0. The molecule has 0 saturated carbocycles. The number of fused-ring (bicyclic) bond motifs is 1. The van der Waals surface area contributed by atoms with Crippen LogP contribution in [-0.2, 0) is 19.5 Å². The van der Waals surface area contributed by atoms with Gasteiger partial charge in [0, 0.05) is 44.6 Å². The van der Waals surface area contributed by atoms with Crippen LogP contribution in [0.2, 0.25) is 0 Å². The van der Waals surface area contributed by atoms with Crippen LogP contribution in [0.15, 0.2) is 35.3 Å². The molecule has 2 unspecified atom stereocenters. The van der Waals surface area contributed by atoms with Gasteiger partial charge in [0.1, 0.15) is 5.82 Å². The predicted molar refractivity (Wildman–Crippen MR) is 134 cm³/mol. The van der Waals surface area contributed by atoms with E-state index in [1.54, 1.807) is 0 Å². The molecule has 0 fully saturated rings. The molecule has 2 heterocycles. The van der Waals surface area contributed by atoms with Crippen molar-refractivity contribution < 1.29 is 0 Å². The molecule has 0 aliphatic carbocycles. The molecule has 0 bridgehead atoms. The molecule has 2 aromatic rings. The highest BCUT2D eigenvalue weighted by atomic mass is 127. The average molecular weight is 525 g/mol. The van der Waals surface area contributed by atoms with Crippen LogP contribution in [-0.4, -0.2) is 58.3 Å². The maximum absolute atomic E-state index is 4.67. The fourth-order valence-electron chi connectivity index (χ4n) is 3.51. The van der Waals surface area contributed by atoms with E-state index in [9.17, 15) is 0 Å². The van der Waals surface area contributed by atoms with Crippen LogP contribution in [0, 0.1) is 0 Å². The molecule has 8 heteroatoms. The predicted octanol–water partition coefficient (Wildman–Crippen LogP) is 3.02. The summed E-state index contributed by atoms with van der Waals surface area (Å²) in [6.07, 6.45) is 1.99. The first-order chi connectivity index (χ1) is 14.0. The van der Waals surface area contributed by atoms with Crippen molar-refractivity contribution in [3.63, 3.8) is 0 Å². The Morgan fingerprint density at radius 2 is 2.00 bits per heavy atom. The van der Waals surface area contributed by atoms with E-state index in [1.807, 2.05) is 7.05 Å². The molecule has 166 valence electrons. The Bertz CT molecular complexity index is 803. The maximum atomic E-state index is 4.67. The van der Waals surface area contributed by atoms with E-state index in [0.717, 1.165) is 50.1 Å². The van der Waals surface area contributed by atoms with Crippen LogP contribution >= 0.6 is 24.0 Å². The number of guanidine groups is 1. The second kappa shape index (κ2) is 11.6. The normalized spacial score (nSPS) is 17.4. The number of nitrogens with zero attached hydrogens (tertiary/aromatic N) is 5. The summed E-state index contributed by atoms with van der Waals surface area (Å²) in [5.74, 6) is 3.26. The van der Waals surface area contributed by atoms with Crippen LogP contribution in [0.4, 0.5) is 0 Å². The molecule has 7 nitrogen and oxygen atoms in total. The maximum Gasteiger partial charge on any atom is 0.191 e. The monoisotopic (exact) mass is 525 g/mol. The van der Waals surface area contributed by atoms with Gasteiger partial charge >= 0.3 is 0 Å². The van der Waals surface area contributed by atoms with E-state index in [2.05, 4.69) is 93.4 Å². The fraction of sp³-hybridized carbons (Fsp3) is 0.591. The molecule has 0 amide bonds. The fourth-order valence-corrected chi connectivity index (χ4v) is 3.51. The number of aryl methyl sites for hydroxylation is 1. The highest BCUT2D eigenvalue weighted by molar-refractivity contribution is 14.0. The van der Waals surface area contributed by atoms with Gasteiger partial charge in [-0.1, -0.05) is 44.2 Å². The number of halogens is 1. The number of hydrogen-bond acceptors (Lipinski definition) is 4. The van der Waals surface area contributed by atoms with Crippen molar-refractivity contribution in [3.8, 4) is 0 Å². The van der Waals surface area contributed by atoms with Crippen molar-refractivity contribution >= 4 is 29.9 Å². The Hall–Kier alpha value is -1.68. The summed E-state index contributed by atoms with van der Waals surface area (Å²) >= 11 is 0. The standard InChI is InChI=1S/C22H35N7.HI/c1-16(2)21-26-20-12-11-19(15-29(20)27-21)25-22(23-4)24-13-17(3)28(5)14-18-9-7-6-8-10-18;/h6-10,16-17,19H,11-15H2,1-5H3,(H2,23,24,25);1H. The first kappa shape index (κ1) is 24.6. The minimum Gasteiger partial charge on any atom is -0.355 e. The van der Waals surface area contributed by atoms with Crippen molar-refractivity contribution in [2.24, 2.45) is 4.99 Å². The Labute approximate surface area is 197 Å². The zero-order valence-corrected chi connectivity index (χ0v) is 21.1. The molecule has 1 aromatic carbocycles. The molecule has 2 atom stereocenters. The lowest BCUT2D eigenvalue weighted by Crippen LogP contribution is -2.49. The first-order valence-corrected chi connectivity index (χ1v) is 10.6. The number of likely N-dealkylation sites (N-methyl/N-ethyl adjacent to an activating group) is 1. The molecule has 30 heavy (non-hydrogen) atoms. The molecule has 3 rings (SSSR count). The average Bonchev–Trinajstić information content (AvgIpc) is 3.15. The van der Waals surface area contributed by atoms with Crippen molar-refractivity contribution in [1.29, 1.82) is 0 Å². The minimum absolute atomic E-state index is 0. The van der Waals surface area contributed by atoms with Gasteiger partial charge in [0.2, 0.25) is 0 Å². The summed E-state index contributed by atoms with van der Waals surface area (Å²) in [6.45, 7) is 9.11. The second-order valence-electron chi connectivity index (χ2n) is 8.31. The van der Waals surface area contributed by atoms with E-state index in [0.29, 0.717) is 18.0 Å². The molecule has 0 radical (unpaired) electrons. The number of nitrogens with one attached hydrogen (secondary N) is 2. The molecular formula is C22H36IN7. The number of aliphatic imine (C=N–C) groups is 1. The van der Waals surface area contributed by atoms with Gasteiger partial charge in [0.15, 0.2) is 11.8 Å². The van der Waals surface area contributed by atoms with Crippen LogP contribution in [0.5, 0.6) is 0 Å². The molecule has 1 aromatic heterocycles. The topological polar surface area (TPSA) is 70.4 Å². The summed E-state index contributed by atoms with van der Waals surface area (Å²) in [5, 5.41) is 11.7. The summed E-state index contributed by atoms with van der Waals surface area (Å²) < 4.78 is 2.06. The number of hydrogen-bond donors (Lipinski definition) is 2. The zero-order valence-electron chi connectivity index (χ0n) is 18.8. The highest BCUT2D eigenvalue weighted by Crippen LogP contribution is 2.17. The summed E-state index contributed by atoms with van der Waals surface area (Å²) in [4.78, 5) is 11.4. The quantitative estimate of drug-likeness (QED) is 0.331. The van der Waals surface area contributed by atoms with Crippen LogP contribution in [0.25, 0.3) is 0 Å². The molecule has 1 aliphatic heterocycles. The lowest BCUT2D eigenvalue weighted by atomic mass is 10.1. The van der Waals surface area contributed by atoms with Crippen LogP contribution in [0.3, 0.4) is 0 Å². The van der Waals surface area contributed by atoms with Crippen LogP contribution in [0.1, 0.15) is 50.3 Å². The van der Waals surface area contributed by atoms with Gasteiger partial charge in [0.05, 0.1) is 6.54 Å². The van der Waals surface area contributed by atoms with E-state index < -0.39 is 0 Å². The summed E-state index contributed by atoms with van der Waals surface area (Å²) in [7, 11) is 3.99. The Balaban J connectivity index is 0.00000320. The molecule has 2 N–H and O–H groups in total. The van der Waals surface area contributed by atoms with Crippen molar-refractivity contribution in [2.75, 3.05) is 20.6 Å². The summed E-state index contributed by atoms with van der Waals surface area (Å²) in [5.41, 5.74) is 1.33. The van der Waals surface area contributed by atoms with Gasteiger partial charge in [-0.2, -0.15) is 5.10 Å². The SMILES string of the molecule is CN=C(NCC(C)N(C)Cc1ccccc1)NC1CCc2nc(C(C)C)nn2C1.I. The lowest BCUT2D eigenvalue weighted by molar-refractivity contribution is 0.249. The van der Waals surface area contributed by atoms with Crippen LogP contribution < -0.4 is 10.6 Å². The lowest BCUT2D eigenvalue weighted by Gasteiger charge is -2.28. The van der Waals surface area contributed by atoms with Gasteiger partial charge in [-0.3, -0.25) is 9.89 Å². The Kier molecular flexibility index (Phi) is 9.54. The molecule has 0 saturated heterocycles. The molecular weight excluding hydrogens is 489 g/mol. The number of benzene rings is 1. The van der Waals surface area contributed by atoms with E-state index in [1.165, 1.54) is 5.56 Å². The number of rotatable bonds is 7. The second-order valence-corrected chi connectivity index (χ2v) is 8.31. The van der Waals surface area contributed by atoms with E-state index in [4.69, 9.17) is 0 Å². The van der Waals surface area contributed by atoms with Gasteiger partial charge < -0.3 is 10.6 Å². The zero-order chi connectivity index (χ0) is 20.8. The third-order valence-corrected chi connectivity index (χ3v) is 5.55. The van der Waals surface area contributed by atoms with Gasteiger partial charge in [-0.15, -0.1) is 24.0 Å². The summed E-state index contributed by atoms with van der Waals surface area (Å²) in [6, 6.07) is 11.3. The third-order valence-electron chi connectivity index (χ3n) is 5.55.